The Hall–Kier alpha value is -2.68. The van der Waals surface area contributed by atoms with Gasteiger partial charge < -0.3 is 14.2 Å². The molecule has 0 radical (unpaired) electrons. The van der Waals surface area contributed by atoms with Crippen LogP contribution in [0.4, 0.5) is 0 Å². The fourth-order valence-electron chi connectivity index (χ4n) is 2.56. The second kappa shape index (κ2) is 8.55. The molecule has 0 saturated carbocycles. The van der Waals surface area contributed by atoms with Gasteiger partial charge in [-0.25, -0.2) is 9.79 Å². The Labute approximate surface area is 176 Å². The molecule has 0 amide bonds. The number of carbonyl (C=O) groups excluding carboxylic acids is 2. The number of rotatable bonds is 5. The molecule has 0 aromatic heterocycles. The highest BCUT2D eigenvalue weighted by atomic mass is 127. The molecule has 2 aromatic carbocycles. The molecule has 0 unspecified atom stereocenters. The third-order valence-corrected chi connectivity index (χ3v) is 4.60. The van der Waals surface area contributed by atoms with E-state index in [0.29, 0.717) is 27.2 Å². The number of hydrogen-bond acceptors (Lipinski definition) is 6. The molecule has 3 rings (SSSR count). The van der Waals surface area contributed by atoms with Gasteiger partial charge in [-0.15, -0.1) is 0 Å². The van der Waals surface area contributed by atoms with Gasteiger partial charge in [0.25, 0.3) is 0 Å². The van der Waals surface area contributed by atoms with E-state index in [4.69, 9.17) is 14.2 Å². The summed E-state index contributed by atoms with van der Waals surface area (Å²) in [5, 5.41) is 0. The molecule has 1 aliphatic rings. The average Bonchev–Trinajstić information content (AvgIpc) is 2.99. The van der Waals surface area contributed by atoms with Crippen LogP contribution < -0.4 is 9.47 Å². The van der Waals surface area contributed by atoms with Gasteiger partial charge in [0.05, 0.1) is 10.2 Å². The Morgan fingerprint density at radius 3 is 2.61 bits per heavy atom. The van der Waals surface area contributed by atoms with Crippen LogP contribution in [0.15, 0.2) is 47.1 Å². The van der Waals surface area contributed by atoms with Crippen molar-refractivity contribution in [2.24, 2.45) is 4.99 Å². The van der Waals surface area contributed by atoms with Crippen molar-refractivity contribution in [3.8, 4) is 11.5 Å². The number of aliphatic imine (C=N–C) groups is 1. The summed E-state index contributed by atoms with van der Waals surface area (Å²) in [7, 11) is 0. The molecule has 0 bridgehead atoms. The molecule has 0 atom stereocenters. The van der Waals surface area contributed by atoms with E-state index in [0.717, 1.165) is 11.1 Å². The summed E-state index contributed by atoms with van der Waals surface area (Å²) >= 11 is 2.05. The fourth-order valence-corrected chi connectivity index (χ4v) is 3.30. The average molecular weight is 491 g/mol. The van der Waals surface area contributed by atoms with Gasteiger partial charge in [0, 0.05) is 12.5 Å². The molecule has 0 saturated heterocycles. The third kappa shape index (κ3) is 4.59. The maximum atomic E-state index is 12.2. The Morgan fingerprint density at radius 1 is 1.25 bits per heavy atom. The zero-order chi connectivity index (χ0) is 20.3. The summed E-state index contributed by atoms with van der Waals surface area (Å²) < 4.78 is 16.8. The largest absolute Gasteiger partial charge is 0.490 e. The molecule has 0 spiro atoms. The first-order valence-electron chi connectivity index (χ1n) is 8.61. The first-order chi connectivity index (χ1) is 13.4. The van der Waals surface area contributed by atoms with Crippen LogP contribution in [-0.4, -0.2) is 24.4 Å². The lowest BCUT2D eigenvalue weighted by atomic mass is 10.1. The summed E-state index contributed by atoms with van der Waals surface area (Å²) in [4.78, 5) is 27.9. The third-order valence-electron chi connectivity index (χ3n) is 3.80. The van der Waals surface area contributed by atoms with Gasteiger partial charge in [-0.05, 0) is 72.3 Å². The van der Waals surface area contributed by atoms with E-state index >= 15 is 0 Å². The Kier molecular flexibility index (Phi) is 6.13. The van der Waals surface area contributed by atoms with E-state index in [-0.39, 0.29) is 11.6 Å². The molecule has 1 aliphatic heterocycles. The fraction of sp³-hybridized carbons (Fsp3) is 0.190. The first kappa shape index (κ1) is 20.1. The van der Waals surface area contributed by atoms with E-state index in [1.54, 1.807) is 18.2 Å². The number of aryl methyl sites for hydroxylation is 1. The Balaban J connectivity index is 1.96. The number of hydrogen-bond donors (Lipinski definition) is 0. The normalized spacial score (nSPS) is 14.6. The second-order valence-corrected chi connectivity index (χ2v) is 7.22. The molecule has 0 fully saturated rings. The molecule has 2 aromatic rings. The molecule has 28 heavy (non-hydrogen) atoms. The number of nitrogens with zero attached hydrogens (tertiary/aromatic N) is 1. The van der Waals surface area contributed by atoms with Crippen LogP contribution in [0.2, 0.25) is 0 Å². The predicted molar refractivity (Wildman–Crippen MR) is 113 cm³/mol. The van der Waals surface area contributed by atoms with Gasteiger partial charge in [-0.1, -0.05) is 17.7 Å². The summed E-state index contributed by atoms with van der Waals surface area (Å²) in [6.07, 6.45) is 1.62. The number of cyclic esters (lactones) is 1. The summed E-state index contributed by atoms with van der Waals surface area (Å²) in [6, 6.07) is 11.0. The van der Waals surface area contributed by atoms with Crippen LogP contribution >= 0.6 is 22.6 Å². The Bertz CT molecular complexity index is 993. The first-order valence-corrected chi connectivity index (χ1v) is 9.69. The van der Waals surface area contributed by atoms with Crippen molar-refractivity contribution in [1.29, 1.82) is 0 Å². The van der Waals surface area contributed by atoms with Crippen molar-refractivity contribution in [2.45, 2.75) is 20.8 Å². The molecular formula is C21H18INO5. The van der Waals surface area contributed by atoms with Crippen molar-refractivity contribution < 1.29 is 23.8 Å². The van der Waals surface area contributed by atoms with Crippen molar-refractivity contribution in [3.63, 3.8) is 0 Å². The van der Waals surface area contributed by atoms with Gasteiger partial charge in [-0.3, -0.25) is 4.79 Å². The maximum Gasteiger partial charge on any atom is 0.363 e. The van der Waals surface area contributed by atoms with Crippen molar-refractivity contribution >= 4 is 46.5 Å². The van der Waals surface area contributed by atoms with Crippen LogP contribution in [0, 0.1) is 10.5 Å². The summed E-state index contributed by atoms with van der Waals surface area (Å²) in [5.41, 5.74) is 2.71. The quantitative estimate of drug-likeness (QED) is 0.271. The van der Waals surface area contributed by atoms with E-state index in [1.165, 1.54) is 6.92 Å². The highest BCUT2D eigenvalue weighted by Gasteiger charge is 2.24. The molecule has 6 nitrogen and oxygen atoms in total. The van der Waals surface area contributed by atoms with Gasteiger partial charge in [0.2, 0.25) is 5.90 Å². The highest BCUT2D eigenvalue weighted by molar-refractivity contribution is 14.1. The maximum absolute atomic E-state index is 12.2. The summed E-state index contributed by atoms with van der Waals surface area (Å²) in [6.45, 7) is 5.55. The van der Waals surface area contributed by atoms with Crippen LogP contribution in [0.25, 0.3) is 6.08 Å². The van der Waals surface area contributed by atoms with Crippen LogP contribution in [0.3, 0.4) is 0 Å². The van der Waals surface area contributed by atoms with Crippen LogP contribution in [-0.2, 0) is 14.3 Å². The molecule has 0 aliphatic carbocycles. The van der Waals surface area contributed by atoms with Crippen molar-refractivity contribution in [1.82, 2.24) is 0 Å². The van der Waals surface area contributed by atoms with Crippen LogP contribution in [0.1, 0.15) is 30.5 Å². The van der Waals surface area contributed by atoms with Crippen LogP contribution in [0.5, 0.6) is 11.5 Å². The molecule has 1 heterocycles. The number of benzene rings is 2. The van der Waals surface area contributed by atoms with Gasteiger partial charge in [0.1, 0.15) is 0 Å². The van der Waals surface area contributed by atoms with E-state index in [1.807, 2.05) is 38.1 Å². The molecular weight excluding hydrogens is 473 g/mol. The lowest BCUT2D eigenvalue weighted by Crippen LogP contribution is -2.06. The number of ether oxygens (including phenoxy) is 3. The zero-order valence-electron chi connectivity index (χ0n) is 15.6. The van der Waals surface area contributed by atoms with Gasteiger partial charge in [0.15, 0.2) is 17.2 Å². The van der Waals surface area contributed by atoms with Crippen molar-refractivity contribution in [2.75, 3.05) is 6.61 Å². The Morgan fingerprint density at radius 2 is 1.96 bits per heavy atom. The van der Waals surface area contributed by atoms with Crippen molar-refractivity contribution in [3.05, 3.63) is 62.4 Å². The molecule has 144 valence electrons. The van der Waals surface area contributed by atoms with E-state index in [9.17, 15) is 9.59 Å². The SMILES string of the molecule is CCOc1cc(C=C2N=C(c3ccc(C)cc3)OC2=O)cc(I)c1OC(C)=O. The van der Waals surface area contributed by atoms with E-state index in [2.05, 4.69) is 27.6 Å². The minimum atomic E-state index is -0.521. The minimum Gasteiger partial charge on any atom is -0.490 e. The predicted octanol–water partition coefficient (Wildman–Crippen LogP) is 4.27. The zero-order valence-corrected chi connectivity index (χ0v) is 17.8. The minimum absolute atomic E-state index is 0.189. The lowest BCUT2D eigenvalue weighted by Gasteiger charge is -2.12. The number of esters is 2. The second-order valence-electron chi connectivity index (χ2n) is 6.06. The standard InChI is InChI=1S/C21H18INO5/c1-4-26-18-11-14(9-16(22)19(18)27-13(3)24)10-17-21(25)28-20(23-17)15-7-5-12(2)6-8-15/h5-11H,4H2,1-3H3. The molecule has 0 N–H and O–H groups in total. The number of halogens is 1. The topological polar surface area (TPSA) is 74.2 Å². The summed E-state index contributed by atoms with van der Waals surface area (Å²) in [5.74, 6) is 0.0947. The van der Waals surface area contributed by atoms with Gasteiger partial charge in [-0.2, -0.15) is 0 Å². The van der Waals surface area contributed by atoms with Gasteiger partial charge >= 0.3 is 11.9 Å². The number of carbonyl (C=O) groups is 2. The highest BCUT2D eigenvalue weighted by Crippen LogP contribution is 2.35. The monoisotopic (exact) mass is 491 g/mol. The van der Waals surface area contributed by atoms with E-state index < -0.39 is 11.9 Å². The smallest absolute Gasteiger partial charge is 0.363 e. The lowest BCUT2D eigenvalue weighted by molar-refractivity contribution is -0.132. The molecule has 7 heteroatoms.